The molecule has 0 saturated carbocycles. The fourth-order valence-corrected chi connectivity index (χ4v) is 3.93. The van der Waals surface area contributed by atoms with E-state index < -0.39 is 45.1 Å². The summed E-state index contributed by atoms with van der Waals surface area (Å²) in [5.41, 5.74) is 0.108. The number of sulfonamides is 1. The van der Waals surface area contributed by atoms with Crippen molar-refractivity contribution >= 4 is 27.5 Å². The van der Waals surface area contributed by atoms with E-state index in [-0.39, 0.29) is 18.2 Å². The molecule has 3 N–H and O–H groups in total. The quantitative estimate of drug-likeness (QED) is 0.469. The summed E-state index contributed by atoms with van der Waals surface area (Å²) >= 11 is 0. The Morgan fingerprint density at radius 3 is 2.19 bits per heavy atom. The summed E-state index contributed by atoms with van der Waals surface area (Å²) in [5.74, 6) is -4.31. The van der Waals surface area contributed by atoms with E-state index in [1.807, 2.05) is 0 Å². The zero-order valence-corrected chi connectivity index (χ0v) is 18.5. The van der Waals surface area contributed by atoms with E-state index in [1.54, 1.807) is 26.0 Å². The molecule has 32 heavy (non-hydrogen) atoms. The van der Waals surface area contributed by atoms with E-state index >= 15 is 0 Å². The molecule has 2 aromatic carbocycles. The topological polar surface area (TPSA) is 104 Å². The molecule has 0 bridgehead atoms. The molecule has 0 heterocycles. The third-order valence-electron chi connectivity index (χ3n) is 4.45. The van der Waals surface area contributed by atoms with Gasteiger partial charge in [-0.3, -0.25) is 9.59 Å². The Bertz CT molecular complexity index is 1070. The summed E-state index contributed by atoms with van der Waals surface area (Å²) in [6.07, 6.45) is 1.43. The minimum atomic E-state index is -3.52. The van der Waals surface area contributed by atoms with E-state index in [0.717, 1.165) is 18.2 Å². The van der Waals surface area contributed by atoms with Crippen LogP contribution in [0, 0.1) is 17.6 Å². The Morgan fingerprint density at radius 1 is 1.06 bits per heavy atom. The highest BCUT2D eigenvalue weighted by molar-refractivity contribution is 7.88. The summed E-state index contributed by atoms with van der Waals surface area (Å²) in [6, 6.07) is 8.11. The lowest BCUT2D eigenvalue weighted by molar-refractivity contribution is -0.118. The van der Waals surface area contributed by atoms with Crippen LogP contribution in [0.15, 0.2) is 55.1 Å². The van der Waals surface area contributed by atoms with Crippen molar-refractivity contribution in [2.45, 2.75) is 25.6 Å². The van der Waals surface area contributed by atoms with Crippen molar-refractivity contribution < 1.29 is 26.8 Å². The second-order valence-electron chi connectivity index (χ2n) is 7.37. The van der Waals surface area contributed by atoms with Crippen LogP contribution in [0.4, 0.5) is 14.5 Å². The fourth-order valence-electron chi connectivity index (χ4n) is 2.82. The van der Waals surface area contributed by atoms with Crippen LogP contribution in [-0.4, -0.2) is 32.8 Å². The first-order valence-electron chi connectivity index (χ1n) is 9.77. The second kappa shape index (κ2) is 11.0. The van der Waals surface area contributed by atoms with Gasteiger partial charge in [-0.05, 0) is 35.7 Å². The van der Waals surface area contributed by atoms with Crippen LogP contribution in [0.25, 0.3) is 0 Å². The number of halogens is 2. The van der Waals surface area contributed by atoms with Gasteiger partial charge in [-0.25, -0.2) is 21.9 Å². The number of hydrogen-bond acceptors (Lipinski definition) is 4. The standard InChI is InChI=1S/C22H25F2N3O4S/c1-4-12-25-32(30,31)13-15-8-10-16(11-9-15)26-22(29)20(14(2)3)27-21(28)19-17(23)6-5-7-18(19)24/h4-11,14,20,25H,1,12-13H2,2-3H3,(H,26,29)(H,27,28)/t20-/m0/s1. The van der Waals surface area contributed by atoms with Crippen molar-refractivity contribution in [3.63, 3.8) is 0 Å². The Labute approximate surface area is 186 Å². The van der Waals surface area contributed by atoms with Crippen LogP contribution in [0.3, 0.4) is 0 Å². The number of anilines is 1. The molecule has 0 aliphatic heterocycles. The SMILES string of the molecule is C=CCNS(=O)(=O)Cc1ccc(NC(=O)[C@@H](NC(=O)c2c(F)cccc2F)C(C)C)cc1. The molecule has 1 atom stereocenters. The Kier molecular flexibility index (Phi) is 8.62. The predicted octanol–water partition coefficient (Wildman–Crippen LogP) is 2.96. The van der Waals surface area contributed by atoms with Crippen LogP contribution in [-0.2, 0) is 20.6 Å². The van der Waals surface area contributed by atoms with Crippen LogP contribution in [0.2, 0.25) is 0 Å². The summed E-state index contributed by atoms with van der Waals surface area (Å²) in [6.45, 7) is 6.92. The molecule has 0 saturated heterocycles. The van der Waals surface area contributed by atoms with Gasteiger partial charge < -0.3 is 10.6 Å². The molecule has 10 heteroatoms. The average molecular weight is 466 g/mol. The molecule has 7 nitrogen and oxygen atoms in total. The molecule has 0 aromatic heterocycles. The van der Waals surface area contributed by atoms with Crippen LogP contribution in [0.5, 0.6) is 0 Å². The van der Waals surface area contributed by atoms with Gasteiger partial charge in [0.1, 0.15) is 23.2 Å². The summed E-state index contributed by atoms with van der Waals surface area (Å²) < 4.78 is 54.0. The number of nitrogens with one attached hydrogen (secondary N) is 3. The highest BCUT2D eigenvalue weighted by Gasteiger charge is 2.27. The third kappa shape index (κ3) is 6.96. The molecule has 172 valence electrons. The summed E-state index contributed by atoms with van der Waals surface area (Å²) in [4.78, 5) is 25.1. The lowest BCUT2D eigenvalue weighted by Crippen LogP contribution is -2.47. The molecule has 0 unspecified atom stereocenters. The molecule has 0 fully saturated rings. The van der Waals surface area contributed by atoms with Gasteiger partial charge in [0, 0.05) is 12.2 Å². The first kappa shape index (κ1) is 25.2. The molecular formula is C22H25F2N3O4S. The predicted molar refractivity (Wildman–Crippen MR) is 118 cm³/mol. The zero-order valence-electron chi connectivity index (χ0n) is 17.7. The lowest BCUT2D eigenvalue weighted by Gasteiger charge is -2.22. The van der Waals surface area contributed by atoms with Gasteiger partial charge in [0.2, 0.25) is 15.9 Å². The molecule has 2 aromatic rings. The van der Waals surface area contributed by atoms with E-state index in [2.05, 4.69) is 21.9 Å². The first-order chi connectivity index (χ1) is 15.0. The van der Waals surface area contributed by atoms with Crippen molar-refractivity contribution in [2.24, 2.45) is 5.92 Å². The third-order valence-corrected chi connectivity index (χ3v) is 5.77. The minimum absolute atomic E-state index is 0.121. The second-order valence-corrected chi connectivity index (χ2v) is 9.18. The lowest BCUT2D eigenvalue weighted by atomic mass is 10.0. The monoisotopic (exact) mass is 465 g/mol. The van der Waals surface area contributed by atoms with Crippen molar-refractivity contribution in [1.82, 2.24) is 10.0 Å². The highest BCUT2D eigenvalue weighted by Crippen LogP contribution is 2.16. The van der Waals surface area contributed by atoms with Gasteiger partial charge in [0.05, 0.1) is 5.75 Å². The van der Waals surface area contributed by atoms with Gasteiger partial charge >= 0.3 is 0 Å². The van der Waals surface area contributed by atoms with Crippen LogP contribution < -0.4 is 15.4 Å². The molecular weight excluding hydrogens is 440 g/mol. The number of benzene rings is 2. The van der Waals surface area contributed by atoms with E-state index in [4.69, 9.17) is 0 Å². The fraction of sp³-hybridized carbons (Fsp3) is 0.273. The van der Waals surface area contributed by atoms with Crippen molar-refractivity contribution in [2.75, 3.05) is 11.9 Å². The van der Waals surface area contributed by atoms with Gasteiger partial charge in [0.25, 0.3) is 5.91 Å². The van der Waals surface area contributed by atoms with Gasteiger partial charge in [-0.15, -0.1) is 6.58 Å². The Balaban J connectivity index is 2.08. The average Bonchev–Trinajstić information content (AvgIpc) is 2.71. The van der Waals surface area contributed by atoms with Crippen molar-refractivity contribution in [1.29, 1.82) is 0 Å². The Morgan fingerprint density at radius 2 is 1.66 bits per heavy atom. The molecule has 0 spiro atoms. The number of carbonyl (C=O) groups excluding carboxylic acids is 2. The number of amides is 2. The number of hydrogen-bond donors (Lipinski definition) is 3. The van der Waals surface area contributed by atoms with Crippen molar-refractivity contribution in [3.05, 3.63) is 77.9 Å². The van der Waals surface area contributed by atoms with E-state index in [9.17, 15) is 26.8 Å². The maximum absolute atomic E-state index is 13.9. The first-order valence-corrected chi connectivity index (χ1v) is 11.4. The molecule has 0 radical (unpaired) electrons. The van der Waals surface area contributed by atoms with E-state index in [0.29, 0.717) is 11.3 Å². The molecule has 0 aliphatic rings. The van der Waals surface area contributed by atoms with Gasteiger partial charge in [0.15, 0.2) is 0 Å². The van der Waals surface area contributed by atoms with E-state index in [1.165, 1.54) is 18.2 Å². The number of rotatable bonds is 10. The maximum atomic E-state index is 13.9. The minimum Gasteiger partial charge on any atom is -0.340 e. The van der Waals surface area contributed by atoms with Gasteiger partial charge in [-0.2, -0.15) is 0 Å². The Hall–Kier alpha value is -3.11. The molecule has 2 amide bonds. The smallest absolute Gasteiger partial charge is 0.257 e. The van der Waals surface area contributed by atoms with Crippen molar-refractivity contribution in [3.8, 4) is 0 Å². The number of carbonyl (C=O) groups is 2. The van der Waals surface area contributed by atoms with Crippen LogP contribution >= 0.6 is 0 Å². The normalized spacial score (nSPS) is 12.3. The van der Waals surface area contributed by atoms with Gasteiger partial charge in [-0.1, -0.05) is 38.1 Å². The summed E-state index contributed by atoms with van der Waals surface area (Å²) in [7, 11) is -3.52. The zero-order chi connectivity index (χ0) is 23.9. The summed E-state index contributed by atoms with van der Waals surface area (Å²) in [5, 5.41) is 4.98. The maximum Gasteiger partial charge on any atom is 0.257 e. The van der Waals surface area contributed by atoms with Crippen LogP contribution in [0.1, 0.15) is 29.8 Å². The molecule has 2 rings (SSSR count). The largest absolute Gasteiger partial charge is 0.340 e. The molecule has 0 aliphatic carbocycles. The highest BCUT2D eigenvalue weighted by atomic mass is 32.2.